The molecule has 2 rings (SSSR count). The maximum Gasteiger partial charge on any atom is 0.269 e. The van der Waals surface area contributed by atoms with Crippen molar-refractivity contribution in [3.8, 4) is 0 Å². The predicted molar refractivity (Wildman–Crippen MR) is 68.4 cm³/mol. The average Bonchev–Trinajstić information content (AvgIpc) is 2.68. The zero-order valence-electron chi connectivity index (χ0n) is 10.5. The fourth-order valence-electron chi connectivity index (χ4n) is 2.28. The molecule has 1 aromatic rings. The largest absolute Gasteiger partial charge is 0.377 e. The Hall–Kier alpha value is -1.46. The number of nitrogens with zero attached hydrogens (tertiary/aromatic N) is 1. The van der Waals surface area contributed by atoms with Crippen LogP contribution in [0, 0.1) is 10.1 Å². The van der Waals surface area contributed by atoms with Crippen molar-refractivity contribution in [2.75, 3.05) is 6.61 Å². The lowest BCUT2D eigenvalue weighted by Crippen LogP contribution is -2.46. The highest BCUT2D eigenvalue weighted by Crippen LogP contribution is 2.28. The fraction of sp³-hybridized carbons (Fsp3) is 0.538. The molecule has 2 N–H and O–H groups in total. The summed E-state index contributed by atoms with van der Waals surface area (Å²) in [4.78, 5) is 10.2. The Morgan fingerprint density at radius 2 is 2.17 bits per heavy atom. The number of benzene rings is 1. The van der Waals surface area contributed by atoms with E-state index in [2.05, 4.69) is 0 Å². The van der Waals surface area contributed by atoms with Gasteiger partial charge in [-0.2, -0.15) is 0 Å². The normalized spacial score (nSPS) is 27.3. The molecule has 1 aliphatic rings. The minimum absolute atomic E-state index is 0.0792. The number of rotatable bonds is 4. The number of hydrogen-bond acceptors (Lipinski definition) is 4. The van der Waals surface area contributed by atoms with E-state index in [1.165, 1.54) is 12.1 Å². The van der Waals surface area contributed by atoms with Crippen molar-refractivity contribution in [1.82, 2.24) is 0 Å². The van der Waals surface area contributed by atoms with E-state index in [0.29, 0.717) is 0 Å². The highest BCUT2D eigenvalue weighted by molar-refractivity contribution is 5.33. The van der Waals surface area contributed by atoms with Gasteiger partial charge in [0.15, 0.2) is 0 Å². The minimum Gasteiger partial charge on any atom is -0.377 e. The Balaban J connectivity index is 1.96. The van der Waals surface area contributed by atoms with Crippen LogP contribution in [0.2, 0.25) is 0 Å². The summed E-state index contributed by atoms with van der Waals surface area (Å²) in [5.74, 6) is 0. The first-order valence-corrected chi connectivity index (χ1v) is 6.15. The van der Waals surface area contributed by atoms with E-state index in [1.807, 2.05) is 6.92 Å². The van der Waals surface area contributed by atoms with Crippen LogP contribution in [0.5, 0.6) is 0 Å². The van der Waals surface area contributed by atoms with E-state index >= 15 is 0 Å². The second kappa shape index (κ2) is 5.04. The molecule has 1 saturated heterocycles. The van der Waals surface area contributed by atoms with E-state index in [4.69, 9.17) is 10.5 Å². The van der Waals surface area contributed by atoms with Crippen molar-refractivity contribution in [1.29, 1.82) is 0 Å². The van der Waals surface area contributed by atoms with Crippen molar-refractivity contribution in [2.45, 2.75) is 37.8 Å². The molecule has 0 saturated carbocycles. The molecule has 0 amide bonds. The topological polar surface area (TPSA) is 78.4 Å². The van der Waals surface area contributed by atoms with Gasteiger partial charge in [0, 0.05) is 24.3 Å². The molecular formula is C13H18N2O3. The van der Waals surface area contributed by atoms with Crippen molar-refractivity contribution < 1.29 is 9.66 Å². The second-order valence-corrected chi connectivity index (χ2v) is 4.92. The van der Waals surface area contributed by atoms with Gasteiger partial charge >= 0.3 is 0 Å². The van der Waals surface area contributed by atoms with E-state index < -0.39 is 0 Å². The molecule has 1 fully saturated rings. The lowest BCUT2D eigenvalue weighted by atomic mass is 9.87. The van der Waals surface area contributed by atoms with E-state index in [1.54, 1.807) is 12.1 Å². The fourth-order valence-corrected chi connectivity index (χ4v) is 2.28. The molecule has 0 aromatic heterocycles. The number of aryl methyl sites for hydroxylation is 1. The third kappa shape index (κ3) is 2.68. The van der Waals surface area contributed by atoms with Gasteiger partial charge in [-0.3, -0.25) is 10.1 Å². The average molecular weight is 250 g/mol. The third-order valence-electron chi connectivity index (χ3n) is 3.77. The molecule has 0 spiro atoms. The van der Waals surface area contributed by atoms with Crippen LogP contribution in [-0.4, -0.2) is 23.2 Å². The standard InChI is InChI=1S/C13H18N2O3/c1-10-13(14,8-9-18-10)7-6-11-2-4-12(5-3-11)15(16)17/h2-5,10H,6-9,14H2,1H3. The van der Waals surface area contributed by atoms with Gasteiger partial charge in [-0.1, -0.05) is 12.1 Å². The molecule has 5 nitrogen and oxygen atoms in total. The Morgan fingerprint density at radius 1 is 1.50 bits per heavy atom. The van der Waals surface area contributed by atoms with Gasteiger partial charge in [0.1, 0.15) is 0 Å². The van der Waals surface area contributed by atoms with Crippen molar-refractivity contribution >= 4 is 5.69 Å². The van der Waals surface area contributed by atoms with Crippen LogP contribution < -0.4 is 5.73 Å². The maximum atomic E-state index is 10.5. The lowest BCUT2D eigenvalue weighted by molar-refractivity contribution is -0.384. The third-order valence-corrected chi connectivity index (χ3v) is 3.77. The number of nitrogens with two attached hydrogens (primary N) is 1. The Bertz CT molecular complexity index is 432. The Morgan fingerprint density at radius 3 is 2.67 bits per heavy atom. The van der Waals surface area contributed by atoms with Crippen LogP contribution in [-0.2, 0) is 11.2 Å². The Kier molecular flexibility index (Phi) is 3.63. The highest BCUT2D eigenvalue weighted by atomic mass is 16.6. The monoisotopic (exact) mass is 250 g/mol. The first kappa shape index (κ1) is 13.0. The van der Waals surface area contributed by atoms with Crippen LogP contribution in [0.3, 0.4) is 0 Å². The molecule has 2 unspecified atom stereocenters. The quantitative estimate of drug-likeness (QED) is 0.655. The molecule has 1 aliphatic heterocycles. The molecule has 1 heterocycles. The molecule has 0 radical (unpaired) electrons. The number of non-ortho nitro benzene ring substituents is 1. The smallest absolute Gasteiger partial charge is 0.269 e. The van der Waals surface area contributed by atoms with Crippen molar-refractivity contribution in [3.05, 3.63) is 39.9 Å². The van der Waals surface area contributed by atoms with Crippen LogP contribution in [0.4, 0.5) is 5.69 Å². The molecule has 0 aliphatic carbocycles. The summed E-state index contributed by atoms with van der Waals surface area (Å²) in [7, 11) is 0. The van der Waals surface area contributed by atoms with Crippen molar-refractivity contribution in [3.63, 3.8) is 0 Å². The lowest BCUT2D eigenvalue weighted by Gasteiger charge is -2.27. The molecule has 2 atom stereocenters. The summed E-state index contributed by atoms with van der Waals surface area (Å²) in [5.41, 5.74) is 7.23. The van der Waals surface area contributed by atoms with Gasteiger partial charge in [0.05, 0.1) is 11.0 Å². The zero-order chi connectivity index (χ0) is 13.2. The molecule has 1 aromatic carbocycles. The van der Waals surface area contributed by atoms with E-state index in [9.17, 15) is 10.1 Å². The van der Waals surface area contributed by atoms with Gasteiger partial charge in [-0.25, -0.2) is 0 Å². The van der Waals surface area contributed by atoms with Crippen LogP contribution in [0.15, 0.2) is 24.3 Å². The first-order valence-electron chi connectivity index (χ1n) is 6.15. The number of ether oxygens (including phenoxy) is 1. The SMILES string of the molecule is CC1OCCC1(N)CCc1ccc([N+](=O)[O-])cc1. The number of nitro groups is 1. The number of hydrogen-bond donors (Lipinski definition) is 1. The first-order chi connectivity index (χ1) is 8.51. The van der Waals surface area contributed by atoms with Gasteiger partial charge in [-0.15, -0.1) is 0 Å². The van der Waals surface area contributed by atoms with Gasteiger partial charge in [0.2, 0.25) is 0 Å². The highest BCUT2D eigenvalue weighted by Gasteiger charge is 2.37. The summed E-state index contributed by atoms with van der Waals surface area (Å²) in [6.07, 6.45) is 2.62. The summed E-state index contributed by atoms with van der Waals surface area (Å²) < 4.78 is 5.49. The maximum absolute atomic E-state index is 10.5. The van der Waals surface area contributed by atoms with Crippen LogP contribution in [0.1, 0.15) is 25.3 Å². The van der Waals surface area contributed by atoms with E-state index in [0.717, 1.165) is 31.4 Å². The second-order valence-electron chi connectivity index (χ2n) is 4.92. The molecule has 18 heavy (non-hydrogen) atoms. The molecule has 98 valence electrons. The summed E-state index contributed by atoms with van der Waals surface area (Å²) in [6, 6.07) is 6.66. The zero-order valence-corrected chi connectivity index (χ0v) is 10.5. The Labute approximate surface area is 106 Å². The van der Waals surface area contributed by atoms with Crippen LogP contribution in [0.25, 0.3) is 0 Å². The summed E-state index contributed by atoms with van der Waals surface area (Å²) in [6.45, 7) is 2.72. The molecule has 5 heteroatoms. The minimum atomic E-state index is -0.388. The van der Waals surface area contributed by atoms with Gasteiger partial charge < -0.3 is 10.5 Å². The molecular weight excluding hydrogens is 232 g/mol. The van der Waals surface area contributed by atoms with Gasteiger partial charge in [0.25, 0.3) is 5.69 Å². The van der Waals surface area contributed by atoms with E-state index in [-0.39, 0.29) is 22.3 Å². The number of nitro benzene ring substituents is 1. The van der Waals surface area contributed by atoms with Gasteiger partial charge in [-0.05, 0) is 31.7 Å². The molecule has 0 bridgehead atoms. The summed E-state index contributed by atoms with van der Waals surface area (Å²) in [5, 5.41) is 10.5. The predicted octanol–water partition coefficient (Wildman–Crippen LogP) is 2.03. The summed E-state index contributed by atoms with van der Waals surface area (Å²) >= 11 is 0. The van der Waals surface area contributed by atoms with Crippen molar-refractivity contribution in [2.24, 2.45) is 5.73 Å². The van der Waals surface area contributed by atoms with Crippen LogP contribution >= 0.6 is 0 Å².